The van der Waals surface area contributed by atoms with E-state index >= 15 is 0 Å². The minimum Gasteiger partial charge on any atom is -0.347 e. The van der Waals surface area contributed by atoms with Crippen molar-refractivity contribution in [1.82, 2.24) is 34.8 Å². The number of aromatic nitrogens is 6. The van der Waals surface area contributed by atoms with Crippen molar-refractivity contribution in [3.8, 4) is 5.82 Å². The number of nitrogens with zero attached hydrogens (tertiary/aromatic N) is 6. The van der Waals surface area contributed by atoms with E-state index in [4.69, 9.17) is 0 Å². The van der Waals surface area contributed by atoms with Gasteiger partial charge in [-0.05, 0) is 23.3 Å². The van der Waals surface area contributed by atoms with Crippen LogP contribution in [0.2, 0.25) is 0 Å². The fourth-order valence-corrected chi connectivity index (χ4v) is 2.70. The molecule has 1 aromatic carbocycles. The average Bonchev–Trinajstić information content (AvgIpc) is 3.30. The fraction of sp³-hybridized carbons (Fsp3) is 0.100. The first-order valence-corrected chi connectivity index (χ1v) is 8.89. The molecule has 0 saturated carbocycles. The molecule has 0 fully saturated rings. The minimum atomic E-state index is -0.368. The molecule has 4 aromatic rings. The van der Waals surface area contributed by atoms with Crippen molar-refractivity contribution >= 4 is 5.91 Å². The molecule has 144 valence electrons. The first-order chi connectivity index (χ1) is 14.2. The largest absolute Gasteiger partial charge is 0.347 e. The van der Waals surface area contributed by atoms with E-state index in [1.165, 1.54) is 23.1 Å². The second-order valence-corrected chi connectivity index (χ2v) is 6.25. The Morgan fingerprint density at radius 3 is 2.59 bits per heavy atom. The van der Waals surface area contributed by atoms with Crippen LogP contribution in [0.15, 0.2) is 78.2 Å². The van der Waals surface area contributed by atoms with Crippen LogP contribution in [-0.4, -0.2) is 35.4 Å². The highest BCUT2D eigenvalue weighted by Gasteiger charge is 2.10. The van der Waals surface area contributed by atoms with Crippen LogP contribution in [0.25, 0.3) is 5.82 Å². The summed E-state index contributed by atoms with van der Waals surface area (Å²) in [5.74, 6) is 0.263. The molecular weight excluding hydrogens is 370 g/mol. The van der Waals surface area contributed by atoms with Gasteiger partial charge in [-0.2, -0.15) is 10.2 Å². The van der Waals surface area contributed by atoms with E-state index in [0.717, 1.165) is 11.1 Å². The van der Waals surface area contributed by atoms with Gasteiger partial charge in [0.05, 0.1) is 6.54 Å². The van der Waals surface area contributed by atoms with Crippen molar-refractivity contribution < 1.29 is 4.79 Å². The smallest absolute Gasteiger partial charge is 0.271 e. The third kappa shape index (κ3) is 4.41. The van der Waals surface area contributed by atoms with Gasteiger partial charge in [-0.15, -0.1) is 0 Å². The summed E-state index contributed by atoms with van der Waals surface area (Å²) in [6.07, 6.45) is 4.64. The normalized spacial score (nSPS) is 10.6. The molecule has 0 spiro atoms. The topological polar surface area (TPSA) is 108 Å². The highest BCUT2D eigenvalue weighted by molar-refractivity contribution is 5.91. The number of pyridine rings is 1. The lowest BCUT2D eigenvalue weighted by Crippen LogP contribution is -2.29. The Kier molecular flexibility index (Phi) is 5.19. The van der Waals surface area contributed by atoms with Gasteiger partial charge >= 0.3 is 0 Å². The number of nitrogens with one attached hydrogen (secondary N) is 1. The molecule has 0 aliphatic rings. The molecule has 0 unspecified atom stereocenters. The highest BCUT2D eigenvalue weighted by atomic mass is 16.2. The number of rotatable bonds is 6. The quantitative estimate of drug-likeness (QED) is 0.533. The van der Waals surface area contributed by atoms with E-state index in [1.54, 1.807) is 23.3 Å². The maximum absolute atomic E-state index is 12.5. The molecule has 0 radical (unpaired) electrons. The van der Waals surface area contributed by atoms with E-state index in [-0.39, 0.29) is 23.7 Å². The summed E-state index contributed by atoms with van der Waals surface area (Å²) in [6, 6.07) is 15.9. The first kappa shape index (κ1) is 18.2. The molecule has 3 aromatic heterocycles. The number of hydrogen-bond acceptors (Lipinski definition) is 6. The summed E-state index contributed by atoms with van der Waals surface area (Å²) >= 11 is 0. The number of benzene rings is 1. The summed E-state index contributed by atoms with van der Waals surface area (Å²) < 4.78 is 2.82. The lowest BCUT2D eigenvalue weighted by Gasteiger charge is -2.08. The Morgan fingerprint density at radius 1 is 1.00 bits per heavy atom. The molecule has 0 aliphatic carbocycles. The molecule has 29 heavy (non-hydrogen) atoms. The van der Waals surface area contributed by atoms with Crippen LogP contribution in [0.4, 0.5) is 0 Å². The average molecular weight is 387 g/mol. The Labute approximate surface area is 165 Å². The van der Waals surface area contributed by atoms with Gasteiger partial charge in [-0.25, -0.2) is 19.3 Å². The van der Waals surface area contributed by atoms with Crippen LogP contribution in [0.3, 0.4) is 0 Å². The summed E-state index contributed by atoms with van der Waals surface area (Å²) in [5.41, 5.74) is 1.66. The summed E-state index contributed by atoms with van der Waals surface area (Å²) in [6.45, 7) is 0.581. The maximum Gasteiger partial charge on any atom is 0.271 e. The van der Waals surface area contributed by atoms with E-state index in [2.05, 4.69) is 25.5 Å². The highest BCUT2D eigenvalue weighted by Crippen LogP contribution is 2.04. The molecule has 9 heteroatoms. The van der Waals surface area contributed by atoms with Gasteiger partial charge in [-0.3, -0.25) is 9.59 Å². The van der Waals surface area contributed by atoms with E-state index < -0.39 is 0 Å². The van der Waals surface area contributed by atoms with Gasteiger partial charge in [0, 0.05) is 18.8 Å². The predicted octanol–water partition coefficient (Wildman–Crippen LogP) is 1.20. The molecule has 0 aliphatic heterocycles. The Balaban J connectivity index is 1.42. The number of carbonyl (C=O) groups excluding carboxylic acids is 1. The molecule has 0 bridgehead atoms. The second kappa shape index (κ2) is 8.26. The standard InChI is InChI=1S/C20H17N7O2/c28-19-9-7-17(25-26(19)12-15-4-2-1-3-5-15)20(29)23-11-16-6-8-18(22-10-16)27-14-21-13-24-27/h1-10,13-14H,11-12H2,(H,23,29). The van der Waals surface area contributed by atoms with E-state index in [1.807, 2.05) is 36.4 Å². The van der Waals surface area contributed by atoms with Gasteiger partial charge in [0.15, 0.2) is 5.82 Å². The zero-order chi connectivity index (χ0) is 20.1. The zero-order valence-electron chi connectivity index (χ0n) is 15.3. The second-order valence-electron chi connectivity index (χ2n) is 6.25. The van der Waals surface area contributed by atoms with Gasteiger partial charge < -0.3 is 5.32 Å². The van der Waals surface area contributed by atoms with Crippen molar-refractivity contribution in [3.05, 3.63) is 101 Å². The Bertz CT molecular complexity index is 1150. The van der Waals surface area contributed by atoms with E-state index in [9.17, 15) is 9.59 Å². The molecule has 9 nitrogen and oxygen atoms in total. The molecule has 1 N–H and O–H groups in total. The Hall–Kier alpha value is -4.14. The van der Waals surface area contributed by atoms with Crippen LogP contribution in [0.1, 0.15) is 21.6 Å². The van der Waals surface area contributed by atoms with Gasteiger partial charge in [0.1, 0.15) is 18.3 Å². The third-order valence-corrected chi connectivity index (χ3v) is 4.19. The molecule has 1 amide bonds. The van der Waals surface area contributed by atoms with Crippen LogP contribution in [-0.2, 0) is 13.1 Å². The van der Waals surface area contributed by atoms with Crippen molar-refractivity contribution in [2.45, 2.75) is 13.1 Å². The lowest BCUT2D eigenvalue weighted by atomic mass is 10.2. The van der Waals surface area contributed by atoms with Gasteiger partial charge in [0.25, 0.3) is 11.5 Å². The van der Waals surface area contributed by atoms with Crippen LogP contribution in [0, 0.1) is 0 Å². The molecule has 0 saturated heterocycles. The van der Waals surface area contributed by atoms with Crippen LogP contribution in [0.5, 0.6) is 0 Å². The molecule has 4 rings (SSSR count). The number of carbonyl (C=O) groups is 1. The Morgan fingerprint density at radius 2 is 1.86 bits per heavy atom. The van der Waals surface area contributed by atoms with Crippen molar-refractivity contribution in [3.63, 3.8) is 0 Å². The monoisotopic (exact) mass is 387 g/mol. The van der Waals surface area contributed by atoms with Crippen LogP contribution < -0.4 is 10.9 Å². The predicted molar refractivity (Wildman–Crippen MR) is 104 cm³/mol. The van der Waals surface area contributed by atoms with Crippen LogP contribution >= 0.6 is 0 Å². The summed E-state index contributed by atoms with van der Waals surface area (Å²) in [7, 11) is 0. The van der Waals surface area contributed by atoms with E-state index in [0.29, 0.717) is 12.4 Å². The van der Waals surface area contributed by atoms with Crippen molar-refractivity contribution in [1.29, 1.82) is 0 Å². The van der Waals surface area contributed by atoms with Gasteiger partial charge in [0.2, 0.25) is 0 Å². The first-order valence-electron chi connectivity index (χ1n) is 8.89. The van der Waals surface area contributed by atoms with Gasteiger partial charge in [-0.1, -0.05) is 36.4 Å². The lowest BCUT2D eigenvalue weighted by molar-refractivity contribution is 0.0943. The third-order valence-electron chi connectivity index (χ3n) is 4.19. The van der Waals surface area contributed by atoms with Crippen molar-refractivity contribution in [2.24, 2.45) is 0 Å². The zero-order valence-corrected chi connectivity index (χ0v) is 15.3. The SMILES string of the molecule is O=C(NCc1ccc(-n2cncn2)nc1)c1ccc(=O)n(Cc2ccccc2)n1. The minimum absolute atomic E-state index is 0.174. The maximum atomic E-state index is 12.5. The summed E-state index contributed by atoms with van der Waals surface area (Å²) in [4.78, 5) is 32.7. The number of hydrogen-bond donors (Lipinski definition) is 1. The summed E-state index contributed by atoms with van der Waals surface area (Å²) in [5, 5.41) is 11.0. The number of amides is 1. The molecule has 3 heterocycles. The molecule has 0 atom stereocenters. The molecular formula is C20H17N7O2. The van der Waals surface area contributed by atoms with Crippen molar-refractivity contribution in [2.75, 3.05) is 0 Å². The fourth-order valence-electron chi connectivity index (χ4n) is 2.70.